The van der Waals surface area contributed by atoms with Crippen LogP contribution in [0.2, 0.25) is 0 Å². The van der Waals surface area contributed by atoms with E-state index in [0.29, 0.717) is 44.7 Å². The first-order valence-electron chi connectivity index (χ1n) is 13.6. The summed E-state index contributed by atoms with van der Waals surface area (Å²) < 4.78 is 84.1. The number of piperidine rings is 1. The van der Waals surface area contributed by atoms with Crippen molar-refractivity contribution in [2.24, 2.45) is 5.92 Å². The van der Waals surface area contributed by atoms with Gasteiger partial charge in [-0.05, 0) is 91.9 Å². The van der Waals surface area contributed by atoms with Gasteiger partial charge < -0.3 is 25.2 Å². The second-order valence-electron chi connectivity index (χ2n) is 10.1. The normalized spacial score (nSPS) is 15.2. The first-order valence-corrected chi connectivity index (χ1v) is 13.6. The Bertz CT molecular complexity index is 1280. The van der Waals surface area contributed by atoms with Crippen molar-refractivity contribution in [3.63, 3.8) is 0 Å². The zero-order valence-corrected chi connectivity index (χ0v) is 23.1. The molecule has 0 atom stereocenters. The van der Waals surface area contributed by atoms with Crippen LogP contribution < -0.4 is 20.1 Å². The number of halogens is 6. The minimum atomic E-state index is -4.89. The van der Waals surface area contributed by atoms with E-state index >= 15 is 0 Å². The summed E-state index contributed by atoms with van der Waals surface area (Å²) in [6.07, 6.45) is -8.79. The van der Waals surface area contributed by atoms with E-state index in [-0.39, 0.29) is 17.2 Å². The van der Waals surface area contributed by atoms with Gasteiger partial charge in [-0.3, -0.25) is 4.90 Å². The highest BCUT2D eigenvalue weighted by Crippen LogP contribution is 2.43. The number of ether oxygens (including phenoxy) is 2. The lowest BCUT2D eigenvalue weighted by molar-refractivity contribution is -0.275. The number of carbonyl (C=O) groups is 1. The first kappa shape index (κ1) is 32.0. The van der Waals surface area contributed by atoms with Gasteiger partial charge in [-0.2, -0.15) is 0 Å². The summed E-state index contributed by atoms with van der Waals surface area (Å²) in [7, 11) is 0. The zero-order chi connectivity index (χ0) is 31.3. The third kappa shape index (κ3) is 8.77. The van der Waals surface area contributed by atoms with Crippen molar-refractivity contribution in [2.45, 2.75) is 44.6 Å². The van der Waals surface area contributed by atoms with Gasteiger partial charge in [0, 0.05) is 18.8 Å². The number of amides is 2. The van der Waals surface area contributed by atoms with E-state index in [0.717, 1.165) is 29.8 Å². The minimum absolute atomic E-state index is 0.278. The predicted octanol–water partition coefficient (Wildman–Crippen LogP) is 6.77. The van der Waals surface area contributed by atoms with Gasteiger partial charge in [-0.25, -0.2) is 4.79 Å². The van der Waals surface area contributed by atoms with E-state index in [1.54, 1.807) is 12.1 Å². The number of hydrogen-bond acceptors (Lipinski definition) is 5. The summed E-state index contributed by atoms with van der Waals surface area (Å²) >= 11 is 0. The highest BCUT2D eigenvalue weighted by molar-refractivity contribution is 5.89. The minimum Gasteiger partial charge on any atom is -0.406 e. The van der Waals surface area contributed by atoms with Crippen LogP contribution in [0.15, 0.2) is 72.8 Å². The molecule has 1 aliphatic rings. The van der Waals surface area contributed by atoms with Gasteiger partial charge in [0.15, 0.2) is 0 Å². The maximum absolute atomic E-state index is 12.7. The molecule has 4 rings (SSSR count). The standard InChI is InChI=1S/C30H31F6N3O4/c1-2-37-27(40)38-24-9-3-20(4-10-24)19-39-17-15-23(16-18-39)28(41,21-5-11-25(12-6-21)42-29(31,32)33)22-7-13-26(14-8-22)43-30(34,35)36/h3-14,23,41H,2,15-19H2,1H3,(H2,37,38,40). The molecule has 43 heavy (non-hydrogen) atoms. The molecule has 1 aliphatic heterocycles. The van der Waals surface area contributed by atoms with E-state index < -0.39 is 35.7 Å². The number of alkyl halides is 6. The second kappa shape index (κ2) is 13.1. The fraction of sp³-hybridized carbons (Fsp3) is 0.367. The molecule has 0 saturated carbocycles. The monoisotopic (exact) mass is 611 g/mol. The SMILES string of the molecule is CCNC(=O)Nc1ccc(CN2CCC(C(O)(c3ccc(OC(F)(F)F)cc3)c3ccc(OC(F)(F)F)cc3)CC2)cc1. The van der Waals surface area contributed by atoms with Crippen molar-refractivity contribution in [3.8, 4) is 11.5 Å². The van der Waals surface area contributed by atoms with Gasteiger partial charge in [0.25, 0.3) is 0 Å². The molecule has 3 aromatic rings. The van der Waals surface area contributed by atoms with Crippen molar-refractivity contribution in [1.29, 1.82) is 0 Å². The molecule has 0 unspecified atom stereocenters. The van der Waals surface area contributed by atoms with Crippen LogP contribution >= 0.6 is 0 Å². The van der Waals surface area contributed by atoms with E-state index in [1.165, 1.54) is 24.3 Å². The molecule has 232 valence electrons. The average Bonchev–Trinajstić information content (AvgIpc) is 2.93. The Morgan fingerprint density at radius 1 is 0.814 bits per heavy atom. The third-order valence-electron chi connectivity index (χ3n) is 7.19. The third-order valence-corrected chi connectivity index (χ3v) is 7.19. The molecule has 7 nitrogen and oxygen atoms in total. The van der Waals surface area contributed by atoms with Crippen molar-refractivity contribution < 1.29 is 45.7 Å². The number of rotatable bonds is 9. The zero-order valence-electron chi connectivity index (χ0n) is 23.1. The summed E-state index contributed by atoms with van der Waals surface area (Å²) in [6, 6.07) is 16.8. The lowest BCUT2D eigenvalue weighted by atomic mass is 9.72. The van der Waals surface area contributed by atoms with E-state index in [4.69, 9.17) is 0 Å². The van der Waals surface area contributed by atoms with Crippen molar-refractivity contribution in [1.82, 2.24) is 10.2 Å². The molecule has 0 aliphatic carbocycles. The van der Waals surface area contributed by atoms with Crippen LogP contribution in [0.5, 0.6) is 11.5 Å². The number of likely N-dealkylation sites (tertiary alicyclic amines) is 1. The summed E-state index contributed by atoms with van der Waals surface area (Å²) in [5.41, 5.74) is 0.499. The topological polar surface area (TPSA) is 83.1 Å². The molecule has 13 heteroatoms. The quantitative estimate of drug-likeness (QED) is 0.233. The molecular weight excluding hydrogens is 580 g/mol. The van der Waals surface area contributed by atoms with Crippen LogP contribution in [0.4, 0.5) is 36.8 Å². The highest BCUT2D eigenvalue weighted by atomic mass is 19.4. The van der Waals surface area contributed by atoms with E-state index in [1.807, 2.05) is 19.1 Å². The molecule has 1 heterocycles. The fourth-order valence-electron chi connectivity index (χ4n) is 5.26. The van der Waals surface area contributed by atoms with Gasteiger partial charge >= 0.3 is 18.8 Å². The van der Waals surface area contributed by atoms with Crippen LogP contribution in [0.25, 0.3) is 0 Å². The summed E-state index contributed by atoms with van der Waals surface area (Å²) in [4.78, 5) is 13.9. The summed E-state index contributed by atoms with van der Waals surface area (Å²) in [6.45, 7) is 4.09. The molecule has 1 saturated heterocycles. The number of anilines is 1. The summed E-state index contributed by atoms with van der Waals surface area (Å²) in [5.74, 6) is -1.33. The molecule has 0 spiro atoms. The number of nitrogens with zero attached hydrogens (tertiary/aromatic N) is 1. The molecule has 0 radical (unpaired) electrons. The van der Waals surface area contributed by atoms with Crippen molar-refractivity contribution in [3.05, 3.63) is 89.5 Å². The van der Waals surface area contributed by atoms with Gasteiger partial charge in [0.05, 0.1) is 0 Å². The van der Waals surface area contributed by atoms with Crippen LogP contribution in [0.1, 0.15) is 36.5 Å². The van der Waals surface area contributed by atoms with Gasteiger partial charge in [-0.1, -0.05) is 36.4 Å². The second-order valence-corrected chi connectivity index (χ2v) is 10.1. The molecule has 2 amide bonds. The Hall–Kier alpha value is -3.97. The summed E-state index contributed by atoms with van der Waals surface area (Å²) in [5, 5.41) is 17.6. The maximum Gasteiger partial charge on any atom is 0.573 e. The smallest absolute Gasteiger partial charge is 0.406 e. The van der Waals surface area contributed by atoms with Gasteiger partial charge in [0.2, 0.25) is 0 Å². The number of aliphatic hydroxyl groups is 1. The predicted molar refractivity (Wildman–Crippen MR) is 146 cm³/mol. The van der Waals surface area contributed by atoms with E-state index in [2.05, 4.69) is 25.0 Å². The number of nitrogens with one attached hydrogen (secondary N) is 2. The average molecular weight is 612 g/mol. The lowest BCUT2D eigenvalue weighted by Crippen LogP contribution is -2.44. The Morgan fingerprint density at radius 3 is 1.70 bits per heavy atom. The highest BCUT2D eigenvalue weighted by Gasteiger charge is 2.42. The van der Waals surface area contributed by atoms with E-state index in [9.17, 15) is 36.2 Å². The van der Waals surface area contributed by atoms with Crippen LogP contribution in [-0.2, 0) is 12.1 Å². The maximum atomic E-state index is 12.7. The van der Waals surface area contributed by atoms with Crippen LogP contribution in [0.3, 0.4) is 0 Å². The Kier molecular flexibility index (Phi) is 9.75. The fourth-order valence-corrected chi connectivity index (χ4v) is 5.26. The Labute approximate surface area is 244 Å². The first-order chi connectivity index (χ1) is 20.2. The Balaban J connectivity index is 1.50. The van der Waals surface area contributed by atoms with Crippen LogP contribution in [0, 0.1) is 5.92 Å². The lowest BCUT2D eigenvalue weighted by Gasteiger charge is -2.42. The van der Waals surface area contributed by atoms with Gasteiger partial charge in [0.1, 0.15) is 17.1 Å². The molecule has 0 aromatic heterocycles. The number of hydrogen-bond donors (Lipinski definition) is 3. The van der Waals surface area contributed by atoms with Crippen molar-refractivity contribution >= 4 is 11.7 Å². The Morgan fingerprint density at radius 2 is 1.28 bits per heavy atom. The van der Waals surface area contributed by atoms with Crippen molar-refractivity contribution in [2.75, 3.05) is 25.0 Å². The molecule has 3 N–H and O–H groups in total. The molecule has 3 aromatic carbocycles. The molecule has 0 bridgehead atoms. The molecule has 1 fully saturated rings. The molecular formula is C30H31F6N3O4. The van der Waals surface area contributed by atoms with Crippen LogP contribution in [-0.4, -0.2) is 48.4 Å². The number of carbonyl (C=O) groups excluding carboxylic acids is 1. The largest absolute Gasteiger partial charge is 0.573 e. The number of urea groups is 1. The number of benzene rings is 3. The van der Waals surface area contributed by atoms with Gasteiger partial charge in [-0.15, -0.1) is 26.3 Å².